The van der Waals surface area contributed by atoms with E-state index in [0.29, 0.717) is 24.1 Å². The van der Waals surface area contributed by atoms with E-state index >= 15 is 0 Å². The number of aryl methyl sites for hydroxylation is 1. The first kappa shape index (κ1) is 19.9. The monoisotopic (exact) mass is 457 g/mol. The number of furan rings is 1. The largest absolute Gasteiger partial charge is 0.450 e. The van der Waals surface area contributed by atoms with E-state index in [0.717, 1.165) is 9.86 Å². The van der Waals surface area contributed by atoms with Gasteiger partial charge in [-0.1, -0.05) is 15.9 Å². The minimum absolute atomic E-state index is 0.0436. The Bertz CT molecular complexity index is 997. The van der Waals surface area contributed by atoms with Gasteiger partial charge in [0.25, 0.3) is 5.91 Å². The Hall–Kier alpha value is -1.87. The predicted octanol–water partition coefficient (Wildman–Crippen LogP) is 2.70. The van der Waals surface area contributed by atoms with Gasteiger partial charge in [-0.3, -0.25) is 4.79 Å². The van der Waals surface area contributed by atoms with E-state index in [1.807, 2.05) is 6.07 Å². The normalized spacial score (nSPS) is 18.6. The number of esters is 1. The van der Waals surface area contributed by atoms with Crippen molar-refractivity contribution in [3.05, 3.63) is 34.0 Å². The molecule has 0 bridgehead atoms. The molecule has 1 aromatic carbocycles. The fraction of sp³-hybridized carbons (Fsp3) is 0.444. The maximum Gasteiger partial charge on any atom is 0.375 e. The van der Waals surface area contributed by atoms with E-state index < -0.39 is 28.3 Å². The molecule has 0 unspecified atom stereocenters. The van der Waals surface area contributed by atoms with Gasteiger partial charge in [-0.2, -0.15) is 0 Å². The number of sulfone groups is 1. The summed E-state index contributed by atoms with van der Waals surface area (Å²) in [5.41, 5.74) is 1.19. The van der Waals surface area contributed by atoms with Crippen molar-refractivity contribution in [3.63, 3.8) is 0 Å². The third-order valence-corrected chi connectivity index (χ3v) is 6.96. The molecule has 1 atom stereocenters. The van der Waals surface area contributed by atoms with Crippen LogP contribution in [0.5, 0.6) is 0 Å². The van der Waals surface area contributed by atoms with Crippen LogP contribution in [0, 0.1) is 6.92 Å². The second-order valence-electron chi connectivity index (χ2n) is 6.51. The molecule has 1 fully saturated rings. The zero-order valence-electron chi connectivity index (χ0n) is 15.0. The predicted molar refractivity (Wildman–Crippen MR) is 103 cm³/mol. The van der Waals surface area contributed by atoms with Crippen LogP contribution in [0.1, 0.15) is 29.5 Å². The van der Waals surface area contributed by atoms with Gasteiger partial charge in [-0.25, -0.2) is 13.2 Å². The Morgan fingerprint density at radius 1 is 1.37 bits per heavy atom. The van der Waals surface area contributed by atoms with Crippen LogP contribution in [-0.2, 0) is 19.4 Å². The van der Waals surface area contributed by atoms with Crippen molar-refractivity contribution < 1.29 is 27.2 Å². The van der Waals surface area contributed by atoms with Gasteiger partial charge in [0.1, 0.15) is 5.58 Å². The summed E-state index contributed by atoms with van der Waals surface area (Å²) in [6.45, 7) is 3.42. The molecule has 1 amide bonds. The molecule has 1 saturated heterocycles. The lowest BCUT2D eigenvalue weighted by Gasteiger charge is -2.26. The minimum Gasteiger partial charge on any atom is -0.450 e. The van der Waals surface area contributed by atoms with Gasteiger partial charge >= 0.3 is 5.97 Å². The van der Waals surface area contributed by atoms with Gasteiger partial charge in [0.05, 0.1) is 11.5 Å². The van der Waals surface area contributed by atoms with Crippen molar-refractivity contribution >= 4 is 48.6 Å². The summed E-state index contributed by atoms with van der Waals surface area (Å²) in [4.78, 5) is 26.3. The van der Waals surface area contributed by atoms with Crippen molar-refractivity contribution in [2.24, 2.45) is 0 Å². The molecule has 0 radical (unpaired) electrons. The van der Waals surface area contributed by atoms with Crippen LogP contribution in [0.4, 0.5) is 0 Å². The number of fused-ring (bicyclic) bond motifs is 1. The average molecular weight is 458 g/mol. The average Bonchev–Trinajstić information content (AvgIpc) is 3.13. The smallest absolute Gasteiger partial charge is 0.375 e. The zero-order chi connectivity index (χ0) is 19.8. The molecular formula is C18H20BrNO6S. The van der Waals surface area contributed by atoms with Crippen molar-refractivity contribution in [1.82, 2.24) is 4.90 Å². The van der Waals surface area contributed by atoms with Crippen LogP contribution < -0.4 is 0 Å². The highest BCUT2D eigenvalue weighted by atomic mass is 79.9. The molecule has 0 aliphatic carbocycles. The number of benzene rings is 1. The molecule has 1 aliphatic heterocycles. The SMILES string of the molecule is CCN(C(=O)COC(=O)c1oc2ccc(Br)cc2c1C)[C@@H]1CCS(=O)(=O)C1. The van der Waals surface area contributed by atoms with E-state index in [9.17, 15) is 18.0 Å². The molecule has 1 aliphatic rings. The summed E-state index contributed by atoms with van der Waals surface area (Å²) < 4.78 is 34.8. The quantitative estimate of drug-likeness (QED) is 0.640. The molecule has 2 aromatic rings. The first-order valence-corrected chi connectivity index (χ1v) is 11.2. The number of hydrogen-bond acceptors (Lipinski definition) is 6. The zero-order valence-corrected chi connectivity index (χ0v) is 17.4. The minimum atomic E-state index is -3.10. The molecule has 0 spiro atoms. The van der Waals surface area contributed by atoms with Gasteiger partial charge < -0.3 is 14.1 Å². The molecule has 7 nitrogen and oxygen atoms in total. The van der Waals surface area contributed by atoms with E-state index in [1.165, 1.54) is 4.90 Å². The fourth-order valence-electron chi connectivity index (χ4n) is 3.32. The van der Waals surface area contributed by atoms with Crippen LogP contribution in [0.15, 0.2) is 27.1 Å². The number of likely N-dealkylation sites (N-methyl/N-ethyl adjacent to an activating group) is 1. The van der Waals surface area contributed by atoms with Gasteiger partial charge in [0.15, 0.2) is 16.4 Å². The lowest BCUT2D eigenvalue weighted by molar-refractivity contribution is -0.136. The maximum atomic E-state index is 12.4. The number of carbonyl (C=O) groups is 2. The topological polar surface area (TPSA) is 93.9 Å². The second-order valence-corrected chi connectivity index (χ2v) is 9.65. The fourth-order valence-corrected chi connectivity index (χ4v) is 5.41. The first-order valence-electron chi connectivity index (χ1n) is 8.57. The lowest BCUT2D eigenvalue weighted by Crippen LogP contribution is -2.43. The molecule has 146 valence electrons. The number of hydrogen-bond donors (Lipinski definition) is 0. The summed E-state index contributed by atoms with van der Waals surface area (Å²) in [6.07, 6.45) is 0.410. The van der Waals surface area contributed by atoms with E-state index in [4.69, 9.17) is 9.15 Å². The molecule has 2 heterocycles. The van der Waals surface area contributed by atoms with Gasteiger partial charge in [-0.05, 0) is 38.5 Å². The Morgan fingerprint density at radius 3 is 2.74 bits per heavy atom. The first-order chi connectivity index (χ1) is 12.7. The third kappa shape index (κ3) is 4.19. The van der Waals surface area contributed by atoms with Crippen molar-refractivity contribution in [2.75, 3.05) is 24.7 Å². The molecule has 3 rings (SSSR count). The number of rotatable bonds is 5. The van der Waals surface area contributed by atoms with E-state index in [2.05, 4.69) is 15.9 Å². The van der Waals surface area contributed by atoms with Crippen LogP contribution in [0.25, 0.3) is 11.0 Å². The van der Waals surface area contributed by atoms with Crippen LogP contribution in [-0.4, -0.2) is 55.9 Å². The number of nitrogens with zero attached hydrogens (tertiary/aromatic N) is 1. The standard InChI is InChI=1S/C18H20BrNO6S/c1-3-20(13-6-7-27(23,24)10-13)16(21)9-25-18(22)17-11(2)14-8-12(19)4-5-15(14)26-17/h4-5,8,13H,3,6-7,9-10H2,1-2H3/t13-/m1/s1. The van der Waals surface area contributed by atoms with E-state index in [-0.39, 0.29) is 23.3 Å². The molecule has 27 heavy (non-hydrogen) atoms. The second kappa shape index (κ2) is 7.63. The van der Waals surface area contributed by atoms with Crippen LogP contribution in [0.2, 0.25) is 0 Å². The Kier molecular flexibility index (Phi) is 5.62. The Morgan fingerprint density at radius 2 is 2.11 bits per heavy atom. The lowest BCUT2D eigenvalue weighted by atomic mass is 10.1. The highest BCUT2D eigenvalue weighted by Gasteiger charge is 2.34. The summed E-state index contributed by atoms with van der Waals surface area (Å²) >= 11 is 3.38. The third-order valence-electron chi connectivity index (χ3n) is 4.72. The maximum absolute atomic E-state index is 12.4. The van der Waals surface area contributed by atoms with Gasteiger partial charge in [0, 0.05) is 28.0 Å². The molecular weight excluding hydrogens is 438 g/mol. The molecule has 0 saturated carbocycles. The van der Waals surface area contributed by atoms with E-state index in [1.54, 1.807) is 26.0 Å². The summed E-state index contributed by atoms with van der Waals surface area (Å²) in [5.74, 6) is -1.04. The number of carbonyl (C=O) groups excluding carboxylic acids is 2. The summed E-state index contributed by atoms with van der Waals surface area (Å²) in [7, 11) is -3.10. The molecule has 1 aromatic heterocycles. The number of halogens is 1. The number of amides is 1. The number of ether oxygens (including phenoxy) is 1. The van der Waals surface area contributed by atoms with Crippen molar-refractivity contribution in [2.45, 2.75) is 26.3 Å². The summed E-state index contributed by atoms with van der Waals surface area (Å²) in [6, 6.07) is 5.03. The highest BCUT2D eigenvalue weighted by Crippen LogP contribution is 2.28. The van der Waals surface area contributed by atoms with Gasteiger partial charge in [-0.15, -0.1) is 0 Å². The van der Waals surface area contributed by atoms with Crippen LogP contribution in [0.3, 0.4) is 0 Å². The van der Waals surface area contributed by atoms with Crippen LogP contribution >= 0.6 is 15.9 Å². The van der Waals surface area contributed by atoms with Gasteiger partial charge in [0.2, 0.25) is 5.76 Å². The Balaban J connectivity index is 1.68. The van der Waals surface area contributed by atoms with Crippen molar-refractivity contribution in [1.29, 1.82) is 0 Å². The molecule has 0 N–H and O–H groups in total. The molecule has 9 heteroatoms. The Labute approximate surface area is 165 Å². The highest BCUT2D eigenvalue weighted by molar-refractivity contribution is 9.10. The summed E-state index contributed by atoms with van der Waals surface area (Å²) in [5, 5.41) is 0.786. The van der Waals surface area contributed by atoms with Crippen molar-refractivity contribution in [3.8, 4) is 0 Å².